The first kappa shape index (κ1) is 17.6. The molecule has 5 rings (SSSR count). The fourth-order valence-electron chi connectivity index (χ4n) is 3.32. The summed E-state index contributed by atoms with van der Waals surface area (Å²) in [7, 11) is 0. The zero-order valence-corrected chi connectivity index (χ0v) is 16.1. The van der Waals surface area contributed by atoms with E-state index in [4.69, 9.17) is 4.42 Å². The molecule has 0 N–H and O–H groups in total. The zero-order chi connectivity index (χ0) is 19.6. The maximum atomic E-state index is 12.7. The number of nitrogens with zero attached hydrogens (tertiary/aromatic N) is 6. The van der Waals surface area contributed by atoms with E-state index in [9.17, 15) is 4.79 Å². The van der Waals surface area contributed by atoms with Gasteiger partial charge in [0.25, 0.3) is 0 Å². The topological polar surface area (TPSA) is 89.9 Å². The lowest BCUT2D eigenvalue weighted by atomic mass is 9.99. The van der Waals surface area contributed by atoms with Gasteiger partial charge in [0.1, 0.15) is 24.6 Å². The van der Waals surface area contributed by atoms with Crippen LogP contribution in [-0.2, 0) is 11.3 Å². The first-order valence-corrected chi connectivity index (χ1v) is 10.1. The molecule has 3 heterocycles. The molecule has 1 saturated heterocycles. The van der Waals surface area contributed by atoms with Crippen LogP contribution >= 0.6 is 11.8 Å². The van der Waals surface area contributed by atoms with E-state index in [0.29, 0.717) is 18.2 Å². The average molecular weight is 404 g/mol. The molecule has 2 aromatic carbocycles. The summed E-state index contributed by atoms with van der Waals surface area (Å²) in [6, 6.07) is 18.4. The predicted octanol–water partition coefficient (Wildman–Crippen LogP) is 3.16. The van der Waals surface area contributed by atoms with Crippen LogP contribution in [0.4, 0.5) is 6.01 Å². The first-order valence-electron chi connectivity index (χ1n) is 9.02. The Bertz CT molecular complexity index is 1130. The van der Waals surface area contributed by atoms with Gasteiger partial charge in [0, 0.05) is 0 Å². The van der Waals surface area contributed by atoms with Crippen molar-refractivity contribution in [2.75, 3.05) is 10.7 Å². The van der Waals surface area contributed by atoms with Crippen LogP contribution in [0.25, 0.3) is 11.1 Å². The number of hydrogen-bond acceptors (Lipinski definition) is 7. The maximum absolute atomic E-state index is 12.7. The van der Waals surface area contributed by atoms with Crippen LogP contribution in [0.15, 0.2) is 71.7 Å². The molecule has 1 unspecified atom stereocenters. The van der Waals surface area contributed by atoms with Gasteiger partial charge in [-0.1, -0.05) is 59.7 Å². The number of carbonyl (C=O) groups is 1. The van der Waals surface area contributed by atoms with Crippen molar-refractivity contribution in [3.63, 3.8) is 0 Å². The number of thioether (sulfide) groups is 1. The van der Waals surface area contributed by atoms with Crippen LogP contribution in [-0.4, -0.2) is 36.6 Å². The van der Waals surface area contributed by atoms with E-state index in [1.165, 1.54) is 0 Å². The highest BCUT2D eigenvalue weighted by Crippen LogP contribution is 2.44. The van der Waals surface area contributed by atoms with Crippen molar-refractivity contribution in [3.05, 3.63) is 78.7 Å². The lowest BCUT2D eigenvalue weighted by molar-refractivity contribution is -0.116. The van der Waals surface area contributed by atoms with Crippen molar-refractivity contribution in [3.8, 4) is 11.1 Å². The summed E-state index contributed by atoms with van der Waals surface area (Å²) in [5.41, 5.74) is 3.21. The minimum atomic E-state index is -0.234. The third-order valence-electron chi connectivity index (χ3n) is 4.63. The standard InChI is InChI=1S/C20H16N6O2S/c27-18-11-29-19(16-9-5-4-8-15(16)14-6-2-1-3-7-14)26(18)20-24-23-17(28-20)10-25-12-21-22-13-25/h1-9,12-13,19H,10-11H2. The van der Waals surface area contributed by atoms with Crippen molar-refractivity contribution in [1.82, 2.24) is 25.0 Å². The zero-order valence-electron chi connectivity index (χ0n) is 15.3. The molecule has 8 nitrogen and oxygen atoms in total. The van der Waals surface area contributed by atoms with Gasteiger partial charge in [0.2, 0.25) is 11.8 Å². The van der Waals surface area contributed by atoms with Crippen molar-refractivity contribution in [1.29, 1.82) is 0 Å². The average Bonchev–Trinajstić information content (AvgIpc) is 3.51. The molecule has 29 heavy (non-hydrogen) atoms. The third-order valence-corrected chi connectivity index (χ3v) is 5.82. The van der Waals surface area contributed by atoms with Crippen LogP contribution < -0.4 is 4.90 Å². The lowest BCUT2D eigenvalue weighted by Crippen LogP contribution is -2.28. The summed E-state index contributed by atoms with van der Waals surface area (Å²) in [6.45, 7) is 0.348. The van der Waals surface area contributed by atoms with Crippen molar-refractivity contribution in [2.24, 2.45) is 0 Å². The minimum Gasteiger partial charge on any atom is -0.406 e. The normalized spacial score (nSPS) is 16.5. The summed E-state index contributed by atoms with van der Waals surface area (Å²) in [5.74, 6) is 0.693. The highest BCUT2D eigenvalue weighted by Gasteiger charge is 2.38. The van der Waals surface area contributed by atoms with Gasteiger partial charge in [-0.25, -0.2) is 4.90 Å². The number of aromatic nitrogens is 5. The van der Waals surface area contributed by atoms with E-state index in [1.807, 2.05) is 36.4 Å². The highest BCUT2D eigenvalue weighted by molar-refractivity contribution is 8.00. The van der Waals surface area contributed by atoms with E-state index >= 15 is 0 Å². The van der Waals surface area contributed by atoms with Crippen molar-refractivity contribution in [2.45, 2.75) is 11.9 Å². The molecule has 1 aliphatic heterocycles. The summed E-state index contributed by atoms with van der Waals surface area (Å²) in [6.07, 6.45) is 3.14. The number of hydrogen-bond donors (Lipinski definition) is 0. The van der Waals surface area contributed by atoms with Gasteiger partial charge in [-0.15, -0.1) is 27.1 Å². The van der Waals surface area contributed by atoms with Gasteiger partial charge in [0.15, 0.2) is 0 Å². The fourth-order valence-corrected chi connectivity index (χ4v) is 4.50. The van der Waals surface area contributed by atoms with Crippen LogP contribution in [0.5, 0.6) is 0 Å². The van der Waals surface area contributed by atoms with E-state index in [2.05, 4.69) is 38.6 Å². The Balaban J connectivity index is 1.49. The second-order valence-corrected chi connectivity index (χ2v) is 7.56. The van der Waals surface area contributed by atoms with Crippen LogP contribution in [0, 0.1) is 0 Å². The van der Waals surface area contributed by atoms with Crippen molar-refractivity contribution >= 4 is 23.7 Å². The Hall–Kier alpha value is -3.46. The summed E-state index contributed by atoms with van der Waals surface area (Å²) < 4.78 is 7.52. The molecule has 1 amide bonds. The van der Waals surface area contributed by atoms with E-state index in [0.717, 1.165) is 16.7 Å². The Morgan fingerprint density at radius 1 is 1.00 bits per heavy atom. The quantitative estimate of drug-likeness (QED) is 0.505. The van der Waals surface area contributed by atoms with E-state index in [1.54, 1.807) is 33.9 Å². The van der Waals surface area contributed by atoms with Crippen LogP contribution in [0.3, 0.4) is 0 Å². The molecule has 2 aromatic heterocycles. The molecule has 0 saturated carbocycles. The molecule has 0 bridgehead atoms. The molecule has 0 aliphatic carbocycles. The molecule has 1 atom stereocenters. The number of rotatable bonds is 5. The van der Waals surface area contributed by atoms with Crippen LogP contribution in [0.2, 0.25) is 0 Å². The molecule has 144 valence electrons. The predicted molar refractivity (Wildman–Crippen MR) is 108 cm³/mol. The maximum Gasteiger partial charge on any atom is 0.326 e. The van der Waals surface area contributed by atoms with E-state index < -0.39 is 0 Å². The molecule has 0 spiro atoms. The molecule has 1 aliphatic rings. The monoisotopic (exact) mass is 404 g/mol. The molecular weight excluding hydrogens is 388 g/mol. The smallest absolute Gasteiger partial charge is 0.326 e. The minimum absolute atomic E-state index is 0.0534. The Labute approximate surface area is 170 Å². The van der Waals surface area contributed by atoms with Gasteiger partial charge in [-0.05, 0) is 16.7 Å². The largest absolute Gasteiger partial charge is 0.406 e. The Morgan fingerprint density at radius 3 is 2.59 bits per heavy atom. The first-order chi connectivity index (χ1) is 14.3. The fraction of sp³-hybridized carbons (Fsp3) is 0.150. The second kappa shape index (κ2) is 7.51. The number of carbonyl (C=O) groups excluding carboxylic acids is 1. The van der Waals surface area contributed by atoms with E-state index in [-0.39, 0.29) is 17.3 Å². The third kappa shape index (κ3) is 3.40. The second-order valence-electron chi connectivity index (χ2n) is 6.49. The molecule has 1 fully saturated rings. The SMILES string of the molecule is O=C1CSC(c2ccccc2-c2ccccc2)N1c1nnc(Cn2cnnc2)o1. The van der Waals surface area contributed by atoms with Gasteiger partial charge >= 0.3 is 6.01 Å². The summed E-state index contributed by atoms with van der Waals surface area (Å²) in [5, 5.41) is 15.5. The molecule has 4 aromatic rings. The van der Waals surface area contributed by atoms with Gasteiger partial charge < -0.3 is 8.98 Å². The summed E-state index contributed by atoms with van der Waals surface area (Å²) in [4.78, 5) is 14.3. The summed E-state index contributed by atoms with van der Waals surface area (Å²) >= 11 is 1.55. The van der Waals surface area contributed by atoms with Gasteiger partial charge in [0.05, 0.1) is 5.75 Å². The number of benzene rings is 2. The van der Waals surface area contributed by atoms with Crippen molar-refractivity contribution < 1.29 is 9.21 Å². The van der Waals surface area contributed by atoms with Crippen LogP contribution in [0.1, 0.15) is 16.8 Å². The van der Waals surface area contributed by atoms with Gasteiger partial charge in [-0.3, -0.25) is 4.79 Å². The Kier molecular flexibility index (Phi) is 4.57. The molecule has 9 heteroatoms. The number of amides is 1. The highest BCUT2D eigenvalue weighted by atomic mass is 32.2. The molecular formula is C20H16N6O2S. The van der Waals surface area contributed by atoms with Gasteiger partial charge in [-0.2, -0.15) is 0 Å². The Morgan fingerprint density at radius 2 is 1.76 bits per heavy atom. The lowest BCUT2D eigenvalue weighted by Gasteiger charge is -2.22. The molecule has 0 radical (unpaired) electrons. The number of anilines is 1.